The van der Waals surface area contributed by atoms with Crippen LogP contribution in [0.3, 0.4) is 0 Å². The van der Waals surface area contributed by atoms with Crippen LogP contribution in [0.1, 0.15) is 54.2 Å². The van der Waals surface area contributed by atoms with E-state index in [4.69, 9.17) is 0 Å². The molecule has 1 saturated heterocycles. The summed E-state index contributed by atoms with van der Waals surface area (Å²) < 4.78 is 28.6. The summed E-state index contributed by atoms with van der Waals surface area (Å²) in [4.78, 5) is 39.2. The summed E-state index contributed by atoms with van der Waals surface area (Å²) in [6.45, 7) is 4.12. The molecule has 3 N–H and O–H groups in total. The van der Waals surface area contributed by atoms with Gasteiger partial charge in [-0.2, -0.15) is 0 Å². The molecule has 13 heteroatoms. The van der Waals surface area contributed by atoms with E-state index in [1.807, 2.05) is 19.9 Å². The Kier molecular flexibility index (Phi) is 7.09. The number of hydrogen-bond acceptors (Lipinski definition) is 9. The molecule has 3 aliphatic rings. The molecule has 41 heavy (non-hydrogen) atoms. The van der Waals surface area contributed by atoms with Crippen molar-refractivity contribution < 1.29 is 23.1 Å². The van der Waals surface area contributed by atoms with Gasteiger partial charge >= 0.3 is 0 Å². The summed E-state index contributed by atoms with van der Waals surface area (Å²) in [7, 11) is -2.56. The Balaban J connectivity index is 1.33. The largest absolute Gasteiger partial charge is 0.394 e. The lowest BCUT2D eigenvalue weighted by atomic mass is 10.0. The molecule has 1 aliphatic carbocycles. The third-order valence-corrected chi connectivity index (χ3v) is 10.7. The van der Waals surface area contributed by atoms with Crippen molar-refractivity contribution in [1.29, 1.82) is 0 Å². The predicted molar refractivity (Wildman–Crippen MR) is 156 cm³/mol. The number of aliphatic hydroxyl groups excluding tert-OH is 1. The first-order valence-electron chi connectivity index (χ1n) is 13.7. The maximum absolute atomic E-state index is 13.4. The zero-order valence-electron chi connectivity index (χ0n) is 23.0. The van der Waals surface area contributed by atoms with Crippen molar-refractivity contribution >= 4 is 49.9 Å². The molecule has 0 radical (unpaired) electrons. The van der Waals surface area contributed by atoms with Crippen LogP contribution < -0.4 is 14.9 Å². The van der Waals surface area contributed by atoms with Gasteiger partial charge in [-0.3, -0.25) is 14.5 Å². The lowest BCUT2D eigenvalue weighted by Gasteiger charge is -2.24. The number of sulfonamides is 1. The molecule has 3 aromatic rings. The van der Waals surface area contributed by atoms with Gasteiger partial charge in [-0.25, -0.2) is 23.1 Å². The van der Waals surface area contributed by atoms with E-state index in [2.05, 4.69) is 20.0 Å². The van der Waals surface area contributed by atoms with Gasteiger partial charge in [-0.1, -0.05) is 17.4 Å². The zero-order chi connectivity index (χ0) is 29.1. The second-order valence-corrected chi connectivity index (χ2v) is 13.7. The number of thiazole rings is 1. The smallest absolute Gasteiger partial charge is 0.256 e. The Morgan fingerprint density at radius 2 is 1.95 bits per heavy atom. The van der Waals surface area contributed by atoms with Crippen LogP contribution in [0.25, 0.3) is 10.4 Å². The highest BCUT2D eigenvalue weighted by Crippen LogP contribution is 2.42. The monoisotopic (exact) mass is 596 g/mol. The zero-order valence-corrected chi connectivity index (χ0v) is 24.7. The number of amides is 2. The fourth-order valence-corrected chi connectivity index (χ4v) is 7.69. The van der Waals surface area contributed by atoms with E-state index in [9.17, 15) is 23.1 Å². The molecule has 4 heterocycles. The van der Waals surface area contributed by atoms with Crippen LogP contribution in [0.5, 0.6) is 0 Å². The predicted octanol–water partition coefficient (Wildman–Crippen LogP) is 3.41. The van der Waals surface area contributed by atoms with Gasteiger partial charge in [0.05, 0.1) is 33.7 Å². The van der Waals surface area contributed by atoms with E-state index in [-0.39, 0.29) is 41.0 Å². The minimum atomic E-state index is -3.91. The van der Waals surface area contributed by atoms with Crippen LogP contribution in [-0.2, 0) is 21.4 Å². The van der Waals surface area contributed by atoms with E-state index in [1.54, 1.807) is 29.2 Å². The van der Waals surface area contributed by atoms with E-state index in [1.165, 1.54) is 23.3 Å². The van der Waals surface area contributed by atoms with Gasteiger partial charge < -0.3 is 15.3 Å². The van der Waals surface area contributed by atoms with Crippen molar-refractivity contribution in [2.24, 2.45) is 5.92 Å². The van der Waals surface area contributed by atoms with Crippen molar-refractivity contribution in [1.82, 2.24) is 19.6 Å². The number of aliphatic hydroxyl groups is 1. The van der Waals surface area contributed by atoms with Gasteiger partial charge in [0.1, 0.15) is 11.6 Å². The first-order chi connectivity index (χ1) is 19.6. The molecular formula is C28H32N6O5S2. The van der Waals surface area contributed by atoms with E-state index < -0.39 is 10.0 Å². The Bertz CT molecular complexity index is 1650. The summed E-state index contributed by atoms with van der Waals surface area (Å²) in [5.41, 5.74) is 2.31. The van der Waals surface area contributed by atoms with Gasteiger partial charge in [0.25, 0.3) is 5.91 Å². The molecule has 1 aromatic carbocycles. The number of nitrogens with zero attached hydrogens (tertiary/aromatic N) is 4. The summed E-state index contributed by atoms with van der Waals surface area (Å²) in [5.74, 6) is 1.09. The Hall–Kier alpha value is -3.39. The fraction of sp³-hybridized carbons (Fsp3) is 0.429. The second-order valence-electron chi connectivity index (χ2n) is 10.8. The minimum Gasteiger partial charge on any atom is -0.394 e. The van der Waals surface area contributed by atoms with E-state index in [0.717, 1.165) is 17.7 Å². The number of aromatic nitrogens is 2. The number of carbonyl (C=O) groups excluding carboxylic acids is 2. The number of carbonyl (C=O) groups is 2. The first-order valence-corrected chi connectivity index (χ1v) is 16.0. The highest BCUT2D eigenvalue weighted by Gasteiger charge is 2.41. The van der Waals surface area contributed by atoms with Gasteiger partial charge in [0, 0.05) is 19.0 Å². The molecule has 11 nitrogen and oxygen atoms in total. The van der Waals surface area contributed by atoms with Gasteiger partial charge in [0.15, 0.2) is 5.13 Å². The first kappa shape index (κ1) is 27.8. The van der Waals surface area contributed by atoms with Crippen LogP contribution in [-0.4, -0.2) is 65.9 Å². The van der Waals surface area contributed by atoms with Crippen LogP contribution >= 0.6 is 11.3 Å². The third kappa shape index (κ3) is 5.00. The number of benzene rings is 1. The van der Waals surface area contributed by atoms with Gasteiger partial charge in [0.2, 0.25) is 15.9 Å². The summed E-state index contributed by atoms with van der Waals surface area (Å²) >= 11 is 1.35. The lowest BCUT2D eigenvalue weighted by Crippen LogP contribution is -2.36. The fourth-order valence-electron chi connectivity index (χ4n) is 5.74. The normalized spacial score (nSPS) is 19.7. The van der Waals surface area contributed by atoms with Crippen LogP contribution in [0.15, 0.2) is 35.2 Å². The molecule has 2 aromatic heterocycles. The van der Waals surface area contributed by atoms with Crippen molar-refractivity contribution in [3.05, 3.63) is 47.2 Å². The molecule has 6 rings (SSSR count). The molecule has 0 spiro atoms. The lowest BCUT2D eigenvalue weighted by molar-refractivity contribution is -0.117. The van der Waals surface area contributed by atoms with Crippen molar-refractivity contribution in [3.8, 4) is 10.4 Å². The topological polar surface area (TPSA) is 145 Å². The highest BCUT2D eigenvalue weighted by molar-refractivity contribution is 7.89. The van der Waals surface area contributed by atoms with Crippen LogP contribution in [0.4, 0.5) is 16.8 Å². The molecule has 1 unspecified atom stereocenters. The van der Waals surface area contributed by atoms with Crippen LogP contribution in [0, 0.1) is 12.8 Å². The Morgan fingerprint density at radius 3 is 2.66 bits per heavy atom. The minimum absolute atomic E-state index is 0.0200. The molecule has 2 atom stereocenters. The molecule has 2 fully saturated rings. The maximum atomic E-state index is 13.4. The van der Waals surface area contributed by atoms with E-state index >= 15 is 0 Å². The van der Waals surface area contributed by atoms with E-state index in [0.29, 0.717) is 58.9 Å². The summed E-state index contributed by atoms with van der Waals surface area (Å²) in [6, 6.07) is 8.51. The number of pyridine rings is 1. The molecule has 216 valence electrons. The number of fused-ring (bicyclic) bond motifs is 1. The van der Waals surface area contributed by atoms with Crippen molar-refractivity contribution in [2.75, 3.05) is 23.9 Å². The number of anilines is 3. The molecule has 1 saturated carbocycles. The number of aryl methyl sites for hydroxylation is 1. The second kappa shape index (κ2) is 10.5. The van der Waals surface area contributed by atoms with Crippen molar-refractivity contribution in [3.63, 3.8) is 0 Å². The average Bonchev–Trinajstić information content (AvgIpc) is 3.54. The molecule has 0 bridgehead atoms. The quantitative estimate of drug-likeness (QED) is 0.341. The number of rotatable bonds is 9. The molecule has 2 amide bonds. The highest BCUT2D eigenvalue weighted by atomic mass is 32.2. The Morgan fingerprint density at radius 1 is 1.17 bits per heavy atom. The number of nitrogens with one attached hydrogen (secondary N) is 2. The average molecular weight is 597 g/mol. The molecule has 2 aliphatic heterocycles. The number of hydrogen-bond donors (Lipinski definition) is 3. The van der Waals surface area contributed by atoms with Crippen LogP contribution in [0.2, 0.25) is 0 Å². The standard InChI is InChI=1S/C28H32N6O5S2/c1-15-26(40-28(30-15)32-22-5-4-6-23(31-22)34-20(14-35)9-10-24(34)36)18-11-19-13-33(16(2)17-7-8-17)27(37)25(19)21(12-18)41(38,39)29-3/h4-6,11-12,16-17,20,29,35H,7-10,13-14H2,1-3H3,(H,30,31,32)/t16?,20-/m0/s1. The summed E-state index contributed by atoms with van der Waals surface area (Å²) in [5, 5.41) is 13.4. The van der Waals surface area contributed by atoms with Crippen molar-refractivity contribution in [2.45, 2.75) is 63.1 Å². The maximum Gasteiger partial charge on any atom is 0.256 e. The van der Waals surface area contributed by atoms with Gasteiger partial charge in [-0.05, 0) is 81.5 Å². The SMILES string of the molecule is CNS(=O)(=O)c1cc(-c2sc(Nc3cccc(N4C(=O)CC[C@H]4CO)n3)nc2C)cc2c1C(=O)N(C(C)C1CC1)C2. The molecular weight excluding hydrogens is 564 g/mol. The van der Waals surface area contributed by atoms with Gasteiger partial charge in [-0.15, -0.1) is 0 Å². The Labute approximate surface area is 242 Å². The summed E-state index contributed by atoms with van der Waals surface area (Å²) in [6.07, 6.45) is 3.11. The third-order valence-electron chi connectivity index (χ3n) is 8.16.